The molecule has 0 aromatic heterocycles. The van der Waals surface area contributed by atoms with Gasteiger partial charge < -0.3 is 9.47 Å². The predicted octanol–water partition coefficient (Wildman–Crippen LogP) is 5.97. The van der Waals surface area contributed by atoms with Gasteiger partial charge in [0.1, 0.15) is 24.7 Å². The minimum absolute atomic E-state index is 0.576. The van der Waals surface area contributed by atoms with Crippen LogP contribution in [0.25, 0.3) is 0 Å². The molecule has 0 unspecified atom stereocenters. The van der Waals surface area contributed by atoms with Gasteiger partial charge in [0.05, 0.1) is 0 Å². The largest absolute Gasteiger partial charge is 0.489 e. The van der Waals surface area contributed by atoms with Crippen LogP contribution in [0.15, 0.2) is 72.8 Å². The molecule has 0 atom stereocenters. The molecule has 0 amide bonds. The number of rotatable bonds is 8. The van der Waals surface area contributed by atoms with Gasteiger partial charge in [-0.3, -0.25) is 0 Å². The third kappa shape index (κ3) is 5.13. The van der Waals surface area contributed by atoms with Crippen LogP contribution in [0.3, 0.4) is 0 Å². The Labute approximate surface area is 156 Å². The van der Waals surface area contributed by atoms with Gasteiger partial charge in [0.2, 0.25) is 0 Å². The van der Waals surface area contributed by atoms with Crippen molar-refractivity contribution >= 4 is 0 Å². The van der Waals surface area contributed by atoms with Crippen molar-refractivity contribution in [2.24, 2.45) is 0 Å². The number of aryl methyl sites for hydroxylation is 2. The molecule has 0 radical (unpaired) electrons. The fourth-order valence-electron chi connectivity index (χ4n) is 2.78. The summed E-state index contributed by atoms with van der Waals surface area (Å²) in [5.41, 5.74) is 4.90. The highest BCUT2D eigenvalue weighted by atomic mass is 16.5. The molecule has 3 aromatic carbocycles. The van der Waals surface area contributed by atoms with Gasteiger partial charge in [-0.1, -0.05) is 62.4 Å². The highest BCUT2D eigenvalue weighted by molar-refractivity contribution is 5.30. The summed E-state index contributed by atoms with van der Waals surface area (Å²) in [6, 6.07) is 25.0. The first-order chi connectivity index (χ1) is 12.8. The Morgan fingerprint density at radius 3 is 1.35 bits per heavy atom. The number of hydrogen-bond acceptors (Lipinski definition) is 2. The van der Waals surface area contributed by atoms with Crippen LogP contribution in [0, 0.1) is 0 Å². The van der Waals surface area contributed by atoms with E-state index in [0.717, 1.165) is 35.5 Å². The lowest BCUT2D eigenvalue weighted by molar-refractivity contribution is 0.302. The number of ether oxygens (including phenoxy) is 2. The van der Waals surface area contributed by atoms with E-state index in [1.807, 2.05) is 24.3 Å². The summed E-state index contributed by atoms with van der Waals surface area (Å²) < 4.78 is 11.8. The summed E-state index contributed by atoms with van der Waals surface area (Å²) >= 11 is 0. The first kappa shape index (κ1) is 18.1. The van der Waals surface area contributed by atoms with Gasteiger partial charge in [0, 0.05) is 0 Å². The fraction of sp³-hybridized carbons (Fsp3) is 0.250. The zero-order valence-corrected chi connectivity index (χ0v) is 15.6. The Kier molecular flexibility index (Phi) is 6.32. The van der Waals surface area contributed by atoms with Crippen molar-refractivity contribution < 1.29 is 9.47 Å². The van der Waals surface area contributed by atoms with Gasteiger partial charge >= 0.3 is 0 Å². The minimum atomic E-state index is 0.576. The molecular formula is C24H26O2. The van der Waals surface area contributed by atoms with E-state index in [9.17, 15) is 0 Å². The molecule has 3 rings (SSSR count). The normalized spacial score (nSPS) is 10.5. The molecule has 2 nitrogen and oxygen atoms in total. The van der Waals surface area contributed by atoms with Crippen LogP contribution in [0.5, 0.6) is 11.5 Å². The second kappa shape index (κ2) is 9.10. The number of hydrogen-bond donors (Lipinski definition) is 0. The fourth-order valence-corrected chi connectivity index (χ4v) is 2.78. The van der Waals surface area contributed by atoms with Crippen molar-refractivity contribution in [2.75, 3.05) is 0 Å². The molecule has 3 aromatic rings. The molecule has 0 saturated carbocycles. The van der Waals surface area contributed by atoms with E-state index in [-0.39, 0.29) is 0 Å². The van der Waals surface area contributed by atoms with Crippen molar-refractivity contribution in [3.8, 4) is 11.5 Å². The van der Waals surface area contributed by atoms with Gasteiger partial charge in [-0.2, -0.15) is 0 Å². The molecule has 134 valence electrons. The summed E-state index contributed by atoms with van der Waals surface area (Å²) in [6.45, 7) is 5.45. The summed E-state index contributed by atoms with van der Waals surface area (Å²) in [6.07, 6.45) is 2.04. The zero-order valence-electron chi connectivity index (χ0n) is 15.6. The molecule has 0 aliphatic rings. The maximum absolute atomic E-state index is 5.90. The van der Waals surface area contributed by atoms with Crippen LogP contribution in [0.1, 0.15) is 36.1 Å². The van der Waals surface area contributed by atoms with Crippen LogP contribution in [0.4, 0.5) is 0 Å². The Morgan fingerprint density at radius 2 is 0.962 bits per heavy atom. The quantitative estimate of drug-likeness (QED) is 0.500. The molecule has 0 saturated heterocycles. The van der Waals surface area contributed by atoms with Gasteiger partial charge in [-0.25, -0.2) is 0 Å². The van der Waals surface area contributed by atoms with Gasteiger partial charge in [-0.05, 0) is 59.4 Å². The van der Waals surface area contributed by atoms with E-state index >= 15 is 0 Å². The maximum Gasteiger partial charge on any atom is 0.120 e. The van der Waals surface area contributed by atoms with E-state index in [4.69, 9.17) is 9.47 Å². The average Bonchev–Trinajstić information content (AvgIpc) is 2.72. The summed E-state index contributed by atoms with van der Waals surface area (Å²) in [7, 11) is 0. The third-order valence-electron chi connectivity index (χ3n) is 4.45. The first-order valence-electron chi connectivity index (χ1n) is 9.28. The summed E-state index contributed by atoms with van der Waals surface area (Å²) in [5, 5.41) is 0. The van der Waals surface area contributed by atoms with Gasteiger partial charge in [-0.15, -0.1) is 0 Å². The molecule has 26 heavy (non-hydrogen) atoms. The van der Waals surface area contributed by atoms with Gasteiger partial charge in [0.25, 0.3) is 0 Å². The Bertz CT molecular complexity index is 751. The summed E-state index contributed by atoms with van der Waals surface area (Å²) in [4.78, 5) is 0. The van der Waals surface area contributed by atoms with Gasteiger partial charge in [0.15, 0.2) is 0 Å². The standard InChI is InChI=1S/C24H26O2/c1-3-19-7-5-9-23(15-19)25-17-21-11-13-22(14-12-21)18-26-24-10-6-8-20(4-2)16-24/h5-16H,3-4,17-18H2,1-2H3. The molecule has 0 spiro atoms. The first-order valence-corrected chi connectivity index (χ1v) is 9.28. The Hall–Kier alpha value is -2.74. The smallest absolute Gasteiger partial charge is 0.120 e. The van der Waals surface area contributed by atoms with Crippen LogP contribution < -0.4 is 9.47 Å². The monoisotopic (exact) mass is 346 g/mol. The van der Waals surface area contributed by atoms with E-state index in [2.05, 4.69) is 62.4 Å². The molecule has 0 aliphatic carbocycles. The highest BCUT2D eigenvalue weighted by Crippen LogP contribution is 2.18. The average molecular weight is 346 g/mol. The lowest BCUT2D eigenvalue weighted by Gasteiger charge is -2.10. The SMILES string of the molecule is CCc1cccc(OCc2ccc(COc3cccc(CC)c3)cc2)c1. The lowest BCUT2D eigenvalue weighted by atomic mass is 10.1. The molecule has 0 N–H and O–H groups in total. The van der Waals surface area contributed by atoms with Crippen molar-refractivity contribution in [2.45, 2.75) is 39.9 Å². The maximum atomic E-state index is 5.90. The molecule has 0 bridgehead atoms. The molecule has 0 fully saturated rings. The molecular weight excluding hydrogens is 320 g/mol. The van der Waals surface area contributed by atoms with E-state index in [1.165, 1.54) is 11.1 Å². The van der Waals surface area contributed by atoms with E-state index in [1.54, 1.807) is 0 Å². The minimum Gasteiger partial charge on any atom is -0.489 e. The van der Waals surface area contributed by atoms with Crippen LogP contribution >= 0.6 is 0 Å². The van der Waals surface area contributed by atoms with E-state index in [0.29, 0.717) is 13.2 Å². The lowest BCUT2D eigenvalue weighted by Crippen LogP contribution is -1.98. The van der Waals surface area contributed by atoms with Crippen LogP contribution in [-0.4, -0.2) is 0 Å². The third-order valence-corrected chi connectivity index (χ3v) is 4.45. The topological polar surface area (TPSA) is 18.5 Å². The van der Waals surface area contributed by atoms with Crippen LogP contribution in [-0.2, 0) is 26.1 Å². The zero-order chi connectivity index (χ0) is 18.2. The van der Waals surface area contributed by atoms with E-state index < -0.39 is 0 Å². The Balaban J connectivity index is 1.52. The molecule has 0 aliphatic heterocycles. The molecule has 0 heterocycles. The number of benzene rings is 3. The van der Waals surface area contributed by atoms with Crippen molar-refractivity contribution in [3.63, 3.8) is 0 Å². The van der Waals surface area contributed by atoms with Crippen molar-refractivity contribution in [1.29, 1.82) is 0 Å². The predicted molar refractivity (Wildman–Crippen MR) is 107 cm³/mol. The Morgan fingerprint density at radius 1 is 0.538 bits per heavy atom. The van der Waals surface area contributed by atoms with Crippen molar-refractivity contribution in [1.82, 2.24) is 0 Å². The van der Waals surface area contributed by atoms with Crippen molar-refractivity contribution in [3.05, 3.63) is 95.1 Å². The highest BCUT2D eigenvalue weighted by Gasteiger charge is 2.00. The second-order valence-corrected chi connectivity index (χ2v) is 6.40. The summed E-state index contributed by atoms with van der Waals surface area (Å²) in [5.74, 6) is 1.85. The molecule has 2 heteroatoms. The van der Waals surface area contributed by atoms with Crippen LogP contribution in [0.2, 0.25) is 0 Å². The second-order valence-electron chi connectivity index (χ2n) is 6.40.